The lowest BCUT2D eigenvalue weighted by molar-refractivity contribution is -0.383. The number of anilines is 1. The van der Waals surface area contributed by atoms with E-state index in [4.69, 9.17) is 5.73 Å². The Morgan fingerprint density at radius 2 is 1.26 bits per heavy atom. The SMILES string of the molecule is CCN1C(=O)c2ccc3c4c(N)cc5c6c(ccc(c7c([N+](=O)[O-])cc(c2c37)C1=O)c64)C(=O)N(C(C)C)C5=O. The van der Waals surface area contributed by atoms with E-state index >= 15 is 0 Å². The first-order chi connectivity index (χ1) is 18.6. The Hall–Kier alpha value is -5.12. The van der Waals surface area contributed by atoms with Crippen molar-refractivity contribution in [1.29, 1.82) is 0 Å². The number of carbonyl (C=O) groups is 4. The van der Waals surface area contributed by atoms with E-state index in [-0.39, 0.29) is 40.0 Å². The van der Waals surface area contributed by atoms with Gasteiger partial charge in [-0.1, -0.05) is 12.1 Å². The number of nitrogen functional groups attached to an aromatic ring is 1. The van der Waals surface area contributed by atoms with Gasteiger partial charge in [-0.25, -0.2) is 0 Å². The number of fused-ring (bicyclic) bond motifs is 2. The normalized spacial score (nSPS) is 15.3. The molecule has 39 heavy (non-hydrogen) atoms. The lowest BCUT2D eigenvalue weighted by atomic mass is 9.81. The highest BCUT2D eigenvalue weighted by molar-refractivity contribution is 6.43. The molecule has 10 heteroatoms. The molecule has 7 rings (SSSR count). The molecule has 0 unspecified atom stereocenters. The minimum absolute atomic E-state index is 0.0734. The Morgan fingerprint density at radius 3 is 1.85 bits per heavy atom. The molecule has 5 aromatic rings. The highest BCUT2D eigenvalue weighted by atomic mass is 16.6. The molecule has 10 nitrogen and oxygen atoms in total. The predicted molar refractivity (Wildman–Crippen MR) is 145 cm³/mol. The van der Waals surface area contributed by atoms with Crippen molar-refractivity contribution in [3.8, 4) is 0 Å². The predicted octanol–water partition coefficient (Wildman–Crippen LogP) is 4.85. The molecule has 0 atom stereocenters. The Balaban J connectivity index is 1.77. The molecule has 2 aliphatic heterocycles. The highest BCUT2D eigenvalue weighted by Gasteiger charge is 2.39. The van der Waals surface area contributed by atoms with Crippen LogP contribution in [0.3, 0.4) is 0 Å². The molecule has 0 aliphatic carbocycles. The number of carbonyl (C=O) groups excluding carboxylic acids is 4. The number of nitrogens with two attached hydrogens (primary N) is 1. The molecule has 2 aliphatic rings. The quantitative estimate of drug-likeness (QED) is 0.0894. The van der Waals surface area contributed by atoms with Crippen molar-refractivity contribution in [2.45, 2.75) is 26.8 Å². The van der Waals surface area contributed by atoms with E-state index in [1.807, 2.05) is 0 Å². The Kier molecular flexibility index (Phi) is 4.28. The van der Waals surface area contributed by atoms with E-state index in [1.165, 1.54) is 11.0 Å². The molecular weight excluding hydrogens is 500 g/mol. The van der Waals surface area contributed by atoms with Gasteiger partial charge in [0.2, 0.25) is 0 Å². The van der Waals surface area contributed by atoms with E-state index in [0.29, 0.717) is 43.3 Å². The molecule has 0 fully saturated rings. The molecule has 0 saturated heterocycles. The fraction of sp³-hybridized carbons (Fsp3) is 0.172. The minimum atomic E-state index is -0.601. The third-order valence-electron chi connectivity index (χ3n) is 7.99. The van der Waals surface area contributed by atoms with Crippen molar-refractivity contribution in [1.82, 2.24) is 9.80 Å². The molecule has 5 aromatic carbocycles. The van der Waals surface area contributed by atoms with Gasteiger partial charge in [0, 0.05) is 62.4 Å². The van der Waals surface area contributed by atoms with Crippen molar-refractivity contribution in [3.05, 3.63) is 68.8 Å². The number of nitro groups is 1. The van der Waals surface area contributed by atoms with Crippen LogP contribution in [0.4, 0.5) is 11.4 Å². The van der Waals surface area contributed by atoms with Crippen molar-refractivity contribution in [3.63, 3.8) is 0 Å². The molecule has 2 N–H and O–H groups in total. The summed E-state index contributed by atoms with van der Waals surface area (Å²) in [6.45, 7) is 5.27. The van der Waals surface area contributed by atoms with Gasteiger partial charge in [-0.05, 0) is 49.7 Å². The van der Waals surface area contributed by atoms with Crippen LogP contribution < -0.4 is 5.73 Å². The second kappa shape index (κ2) is 7.25. The van der Waals surface area contributed by atoms with Gasteiger partial charge in [-0.3, -0.25) is 39.1 Å². The van der Waals surface area contributed by atoms with E-state index in [1.54, 1.807) is 51.1 Å². The second-order valence-corrected chi connectivity index (χ2v) is 10.2. The summed E-state index contributed by atoms with van der Waals surface area (Å²) in [5, 5.41) is 15.7. The van der Waals surface area contributed by atoms with Gasteiger partial charge in [-0.15, -0.1) is 0 Å². The van der Waals surface area contributed by atoms with Crippen LogP contribution in [0.15, 0.2) is 36.4 Å². The summed E-state index contributed by atoms with van der Waals surface area (Å²) in [6, 6.07) is 8.85. The zero-order chi connectivity index (χ0) is 27.7. The summed E-state index contributed by atoms with van der Waals surface area (Å²) < 4.78 is 0. The lowest BCUT2D eigenvalue weighted by Crippen LogP contribution is -2.44. The Morgan fingerprint density at radius 1 is 0.744 bits per heavy atom. The van der Waals surface area contributed by atoms with Crippen molar-refractivity contribution in [2.75, 3.05) is 12.3 Å². The van der Waals surface area contributed by atoms with Crippen LogP contribution in [0.1, 0.15) is 62.2 Å². The van der Waals surface area contributed by atoms with Gasteiger partial charge in [0.15, 0.2) is 0 Å². The second-order valence-electron chi connectivity index (χ2n) is 10.2. The Bertz CT molecular complexity index is 2060. The number of nitro benzene ring substituents is 1. The van der Waals surface area contributed by atoms with Crippen LogP contribution in [-0.2, 0) is 0 Å². The van der Waals surface area contributed by atoms with E-state index in [0.717, 1.165) is 4.90 Å². The lowest BCUT2D eigenvalue weighted by Gasteiger charge is -2.32. The fourth-order valence-electron chi connectivity index (χ4n) is 6.45. The number of amides is 4. The summed E-state index contributed by atoms with van der Waals surface area (Å²) in [4.78, 5) is 67.6. The monoisotopic (exact) mass is 520 g/mol. The van der Waals surface area contributed by atoms with Crippen LogP contribution in [0, 0.1) is 10.1 Å². The molecule has 192 valence electrons. The van der Waals surface area contributed by atoms with Crippen molar-refractivity contribution >= 4 is 78.1 Å². The highest BCUT2D eigenvalue weighted by Crippen LogP contribution is 2.50. The number of hydrogen-bond acceptors (Lipinski definition) is 7. The van der Waals surface area contributed by atoms with Gasteiger partial charge < -0.3 is 5.73 Å². The standard InChI is InChI=1S/C29H20N4O6/c1-4-31-26(34)14-7-5-12-22-18(30)9-16-21-15(28(36)32(11(2)3)29(16)37)8-6-13(24(21)22)23-19(33(38)39)10-17(27(31)35)20(14)25(12)23/h5-11H,4,30H2,1-3H3. The Labute approximate surface area is 220 Å². The first kappa shape index (κ1) is 23.0. The maximum Gasteiger partial charge on any atom is 0.278 e. The molecule has 0 bridgehead atoms. The maximum atomic E-state index is 13.5. The minimum Gasteiger partial charge on any atom is -0.398 e. The molecule has 4 amide bonds. The number of nitrogens with zero attached hydrogens (tertiary/aromatic N) is 3. The largest absolute Gasteiger partial charge is 0.398 e. The topological polar surface area (TPSA) is 144 Å². The van der Waals surface area contributed by atoms with Crippen LogP contribution in [-0.4, -0.2) is 50.9 Å². The van der Waals surface area contributed by atoms with Crippen molar-refractivity contribution in [2.24, 2.45) is 0 Å². The number of hydrogen-bond donors (Lipinski definition) is 1. The van der Waals surface area contributed by atoms with Crippen LogP contribution in [0.25, 0.3) is 43.1 Å². The first-order valence-corrected chi connectivity index (χ1v) is 12.5. The summed E-state index contributed by atoms with van der Waals surface area (Å²) in [5.74, 6) is -2.02. The van der Waals surface area contributed by atoms with Crippen LogP contribution in [0.2, 0.25) is 0 Å². The van der Waals surface area contributed by atoms with E-state index < -0.39 is 34.6 Å². The molecular formula is C29H20N4O6. The molecule has 0 aromatic heterocycles. The molecule has 0 radical (unpaired) electrons. The van der Waals surface area contributed by atoms with Gasteiger partial charge >= 0.3 is 0 Å². The average molecular weight is 521 g/mol. The fourth-order valence-corrected chi connectivity index (χ4v) is 6.45. The third-order valence-corrected chi connectivity index (χ3v) is 7.99. The summed E-state index contributed by atoms with van der Waals surface area (Å²) in [7, 11) is 0. The van der Waals surface area contributed by atoms with Gasteiger partial charge in [-0.2, -0.15) is 0 Å². The van der Waals surface area contributed by atoms with Crippen molar-refractivity contribution < 1.29 is 24.1 Å². The van der Waals surface area contributed by atoms with Gasteiger partial charge in [0.1, 0.15) is 0 Å². The van der Waals surface area contributed by atoms with Gasteiger partial charge in [0.05, 0.1) is 21.4 Å². The molecule has 2 heterocycles. The van der Waals surface area contributed by atoms with Crippen LogP contribution >= 0.6 is 0 Å². The van der Waals surface area contributed by atoms with E-state index in [9.17, 15) is 29.3 Å². The maximum absolute atomic E-state index is 13.5. The third kappa shape index (κ3) is 2.55. The number of non-ortho nitro benzene ring substituents is 1. The summed E-state index contributed by atoms with van der Waals surface area (Å²) in [5.41, 5.74) is 7.43. The zero-order valence-corrected chi connectivity index (χ0v) is 21.1. The summed E-state index contributed by atoms with van der Waals surface area (Å²) in [6.07, 6.45) is 0. The van der Waals surface area contributed by atoms with Gasteiger partial charge in [0.25, 0.3) is 29.3 Å². The number of rotatable bonds is 3. The average Bonchev–Trinajstić information content (AvgIpc) is 2.89. The van der Waals surface area contributed by atoms with Crippen LogP contribution in [0.5, 0.6) is 0 Å². The van der Waals surface area contributed by atoms with E-state index in [2.05, 4.69) is 0 Å². The zero-order valence-electron chi connectivity index (χ0n) is 21.1. The number of benzene rings is 5. The smallest absolute Gasteiger partial charge is 0.278 e. The number of imide groups is 2. The molecule has 0 saturated carbocycles. The summed E-state index contributed by atoms with van der Waals surface area (Å²) >= 11 is 0. The first-order valence-electron chi connectivity index (χ1n) is 12.5. The molecule has 0 spiro atoms.